The molecule has 6 heteroatoms. The molecule has 1 heterocycles. The quantitative estimate of drug-likeness (QED) is 0.769. The van der Waals surface area contributed by atoms with E-state index in [-0.39, 0.29) is 23.2 Å². The number of phenols is 1. The number of halogens is 1. The summed E-state index contributed by atoms with van der Waals surface area (Å²) in [4.78, 5) is 4.12. The van der Waals surface area contributed by atoms with Crippen LogP contribution in [0.2, 0.25) is 0 Å². The molecule has 0 amide bonds. The van der Waals surface area contributed by atoms with E-state index >= 15 is 0 Å². The standard InChI is InChI=1S/C18H27N3OS.ClH/c1-17(2,3)12-8-11(9-13(15(12)22)18(4,5)6)14-10-23-16(19-7)21-20-14;/h8-9,22H,10H2,1-7H3,(H,19,21);1H. The number of aliphatic imine (C=N–C) groups is 1. The Morgan fingerprint density at radius 3 is 1.92 bits per heavy atom. The van der Waals surface area contributed by atoms with Crippen molar-refractivity contribution in [3.05, 3.63) is 28.8 Å². The first kappa shape index (κ1) is 20.8. The Balaban J connectivity index is 0.00000288. The van der Waals surface area contributed by atoms with Gasteiger partial charge >= 0.3 is 0 Å². The van der Waals surface area contributed by atoms with Crippen molar-refractivity contribution in [3.63, 3.8) is 0 Å². The molecule has 0 saturated heterocycles. The lowest BCUT2D eigenvalue weighted by molar-refractivity contribution is 0.423. The molecule has 2 rings (SSSR count). The minimum atomic E-state index is -0.133. The number of amidine groups is 1. The Hall–Kier alpha value is -1.20. The van der Waals surface area contributed by atoms with Gasteiger partial charge in [0, 0.05) is 23.9 Å². The molecule has 1 aromatic carbocycles. The van der Waals surface area contributed by atoms with Gasteiger partial charge in [0.05, 0.1) is 5.71 Å². The number of rotatable bonds is 1. The summed E-state index contributed by atoms with van der Waals surface area (Å²) in [7, 11) is 1.76. The van der Waals surface area contributed by atoms with Gasteiger partial charge in [-0.05, 0) is 28.5 Å². The molecule has 0 aromatic heterocycles. The lowest BCUT2D eigenvalue weighted by Gasteiger charge is -2.28. The van der Waals surface area contributed by atoms with E-state index in [0.717, 1.165) is 33.3 Å². The number of phenolic OH excluding ortho intramolecular Hbond substituents is 1. The van der Waals surface area contributed by atoms with Crippen LogP contribution in [0.15, 0.2) is 22.2 Å². The number of nitrogens with one attached hydrogen (secondary N) is 1. The number of benzene rings is 1. The van der Waals surface area contributed by atoms with Gasteiger partial charge < -0.3 is 5.11 Å². The van der Waals surface area contributed by atoms with Gasteiger partial charge in [-0.2, -0.15) is 5.10 Å². The van der Waals surface area contributed by atoms with E-state index < -0.39 is 0 Å². The van der Waals surface area contributed by atoms with E-state index in [1.807, 2.05) is 0 Å². The van der Waals surface area contributed by atoms with Crippen molar-refractivity contribution in [1.82, 2.24) is 5.43 Å². The SMILES string of the molecule is CN=C1NN=C(c2cc(C(C)(C)C)c(O)c(C(C)(C)C)c2)CS1.Cl. The number of thioether (sulfide) groups is 1. The molecule has 1 aromatic rings. The highest BCUT2D eigenvalue weighted by atomic mass is 35.5. The minimum Gasteiger partial charge on any atom is -0.507 e. The van der Waals surface area contributed by atoms with Crippen molar-refractivity contribution in [2.75, 3.05) is 12.8 Å². The number of hydrazone groups is 1. The van der Waals surface area contributed by atoms with Crippen molar-refractivity contribution in [2.24, 2.45) is 10.1 Å². The molecule has 4 nitrogen and oxygen atoms in total. The summed E-state index contributed by atoms with van der Waals surface area (Å²) in [5, 5.41) is 16.1. The fourth-order valence-corrected chi connectivity index (χ4v) is 3.27. The number of nitrogens with zero attached hydrogens (tertiary/aromatic N) is 2. The summed E-state index contributed by atoms with van der Waals surface area (Å²) in [6.45, 7) is 12.7. The second-order valence-electron chi connectivity index (χ2n) is 7.91. The monoisotopic (exact) mass is 369 g/mol. The smallest absolute Gasteiger partial charge is 0.177 e. The lowest BCUT2D eigenvalue weighted by atomic mass is 9.78. The predicted octanol–water partition coefficient (Wildman–Crippen LogP) is 4.44. The second kappa shape index (κ2) is 7.36. The van der Waals surface area contributed by atoms with Crippen LogP contribution in [-0.4, -0.2) is 28.8 Å². The molecule has 1 aliphatic rings. The van der Waals surface area contributed by atoms with Crippen LogP contribution in [-0.2, 0) is 10.8 Å². The van der Waals surface area contributed by atoms with Crippen LogP contribution in [0.3, 0.4) is 0 Å². The summed E-state index contributed by atoms with van der Waals surface area (Å²) >= 11 is 1.64. The highest BCUT2D eigenvalue weighted by Gasteiger charge is 2.27. The van der Waals surface area contributed by atoms with Gasteiger partial charge in [-0.1, -0.05) is 53.3 Å². The first-order valence-electron chi connectivity index (χ1n) is 7.84. The maximum atomic E-state index is 10.8. The van der Waals surface area contributed by atoms with Gasteiger partial charge in [-0.3, -0.25) is 10.4 Å². The molecule has 0 bridgehead atoms. The molecule has 0 saturated carbocycles. The molecule has 0 atom stereocenters. The van der Waals surface area contributed by atoms with Crippen molar-refractivity contribution in [3.8, 4) is 5.75 Å². The molecule has 134 valence electrons. The van der Waals surface area contributed by atoms with E-state index in [9.17, 15) is 5.11 Å². The summed E-state index contributed by atoms with van der Waals surface area (Å²) in [6.07, 6.45) is 0. The van der Waals surface area contributed by atoms with Crippen molar-refractivity contribution in [2.45, 2.75) is 52.4 Å². The first-order valence-corrected chi connectivity index (χ1v) is 8.83. The highest BCUT2D eigenvalue weighted by molar-refractivity contribution is 8.14. The maximum Gasteiger partial charge on any atom is 0.177 e. The zero-order valence-electron chi connectivity index (χ0n) is 15.5. The van der Waals surface area contributed by atoms with Crippen molar-refractivity contribution in [1.29, 1.82) is 0 Å². The summed E-state index contributed by atoms with van der Waals surface area (Å²) in [5.74, 6) is 1.18. The van der Waals surface area contributed by atoms with E-state index in [2.05, 4.69) is 69.2 Å². The van der Waals surface area contributed by atoms with Crippen LogP contribution in [0.5, 0.6) is 5.75 Å². The Bertz CT molecular complexity index is 635. The molecule has 0 aliphatic carbocycles. The van der Waals surface area contributed by atoms with Gasteiger partial charge in [-0.25, -0.2) is 0 Å². The predicted molar refractivity (Wildman–Crippen MR) is 108 cm³/mol. The Morgan fingerprint density at radius 2 is 1.58 bits per heavy atom. The van der Waals surface area contributed by atoms with Crippen LogP contribution in [0.4, 0.5) is 0 Å². The third kappa shape index (κ3) is 4.45. The van der Waals surface area contributed by atoms with Gasteiger partial charge in [0.1, 0.15) is 5.75 Å². The zero-order valence-corrected chi connectivity index (χ0v) is 17.2. The van der Waals surface area contributed by atoms with Gasteiger partial charge in [0.25, 0.3) is 0 Å². The third-order valence-corrected chi connectivity index (χ3v) is 4.86. The largest absolute Gasteiger partial charge is 0.507 e. The van der Waals surface area contributed by atoms with Crippen LogP contribution in [0.1, 0.15) is 58.2 Å². The van der Waals surface area contributed by atoms with Crippen LogP contribution in [0.25, 0.3) is 0 Å². The zero-order chi connectivity index (χ0) is 17.4. The first-order chi connectivity index (χ1) is 10.5. The summed E-state index contributed by atoms with van der Waals surface area (Å²) in [6, 6.07) is 4.14. The average Bonchev–Trinajstić information content (AvgIpc) is 2.45. The van der Waals surface area contributed by atoms with E-state index in [1.54, 1.807) is 18.8 Å². The van der Waals surface area contributed by atoms with E-state index in [0.29, 0.717) is 5.75 Å². The Labute approximate surface area is 155 Å². The minimum absolute atomic E-state index is 0. The van der Waals surface area contributed by atoms with Gasteiger partial charge in [0.2, 0.25) is 0 Å². The molecule has 0 spiro atoms. The van der Waals surface area contributed by atoms with Crippen LogP contribution >= 0.6 is 24.2 Å². The molecule has 0 fully saturated rings. The average molecular weight is 370 g/mol. The number of aromatic hydroxyl groups is 1. The molecule has 24 heavy (non-hydrogen) atoms. The fraction of sp³-hybridized carbons (Fsp3) is 0.556. The highest BCUT2D eigenvalue weighted by Crippen LogP contribution is 2.40. The molecule has 0 radical (unpaired) electrons. The Morgan fingerprint density at radius 1 is 1.08 bits per heavy atom. The summed E-state index contributed by atoms with van der Waals surface area (Å²) < 4.78 is 0. The number of hydrogen-bond donors (Lipinski definition) is 2. The van der Waals surface area contributed by atoms with Crippen molar-refractivity contribution >= 4 is 35.0 Å². The fourth-order valence-electron chi connectivity index (χ4n) is 2.52. The molecule has 2 N–H and O–H groups in total. The molecular weight excluding hydrogens is 342 g/mol. The molecule has 1 aliphatic heterocycles. The topological polar surface area (TPSA) is 57.0 Å². The number of hydrogen-bond acceptors (Lipinski definition) is 4. The normalized spacial score (nSPS) is 17.1. The van der Waals surface area contributed by atoms with Gasteiger partial charge in [0.15, 0.2) is 5.17 Å². The second-order valence-corrected chi connectivity index (χ2v) is 8.87. The third-order valence-electron chi connectivity index (χ3n) is 3.89. The van der Waals surface area contributed by atoms with Crippen LogP contribution < -0.4 is 5.43 Å². The lowest BCUT2D eigenvalue weighted by Crippen LogP contribution is -2.26. The molecule has 0 unspecified atom stereocenters. The summed E-state index contributed by atoms with van der Waals surface area (Å²) in [5.41, 5.74) is 6.69. The van der Waals surface area contributed by atoms with Crippen LogP contribution in [0, 0.1) is 0 Å². The molecular formula is C18H28ClN3OS. The Kier molecular flexibility index (Phi) is 6.39. The van der Waals surface area contributed by atoms with E-state index in [4.69, 9.17) is 0 Å². The van der Waals surface area contributed by atoms with Crippen molar-refractivity contribution < 1.29 is 5.11 Å². The van der Waals surface area contributed by atoms with Gasteiger partial charge in [-0.15, -0.1) is 12.4 Å². The maximum absolute atomic E-state index is 10.8. The van der Waals surface area contributed by atoms with E-state index in [1.165, 1.54) is 0 Å².